The highest BCUT2D eigenvalue weighted by molar-refractivity contribution is 5.90. The van der Waals surface area contributed by atoms with Crippen molar-refractivity contribution >= 4 is 11.8 Å². The van der Waals surface area contributed by atoms with E-state index in [1.807, 2.05) is 4.90 Å². The molecule has 3 aliphatic heterocycles. The second-order valence-electron chi connectivity index (χ2n) is 6.97. The number of aryl methyl sites for hydroxylation is 1. The maximum Gasteiger partial charge on any atom is 0.273 e. The van der Waals surface area contributed by atoms with E-state index >= 15 is 0 Å². The number of nitrogens with zero attached hydrogens (tertiary/aromatic N) is 3. The Morgan fingerprint density at radius 2 is 2.04 bits per heavy atom. The van der Waals surface area contributed by atoms with Gasteiger partial charge in [0.2, 0.25) is 11.8 Å². The minimum atomic E-state index is -0.373. The molecule has 4 heterocycles. The van der Waals surface area contributed by atoms with Crippen molar-refractivity contribution in [1.29, 1.82) is 0 Å². The molecule has 1 aromatic rings. The molecule has 0 aliphatic carbocycles. The molecular weight excluding hydrogens is 308 g/mol. The third-order valence-electron chi connectivity index (χ3n) is 5.36. The second kappa shape index (κ2) is 6.03. The van der Waals surface area contributed by atoms with Crippen molar-refractivity contribution in [2.45, 2.75) is 57.0 Å². The Balaban J connectivity index is 1.54. The number of carbonyl (C=O) groups excluding carboxylic acids is 2. The van der Waals surface area contributed by atoms with Gasteiger partial charge in [-0.05, 0) is 25.7 Å². The van der Waals surface area contributed by atoms with Crippen LogP contribution in [0.2, 0.25) is 0 Å². The number of amides is 2. The van der Waals surface area contributed by atoms with Gasteiger partial charge in [-0.25, -0.2) is 0 Å². The summed E-state index contributed by atoms with van der Waals surface area (Å²) in [6.07, 6.45) is 4.79. The standard InChI is InChI=1S/C17H22N4O3/c22-15-6-5-12(18-15)17(24)20-7-1-3-11(10-20)13-9-16(23)19-14-4-2-8-21(13)14/h9,11-12H,1-8,10H2,(H,18,22)/t11-,12-/m0/s1. The average molecular weight is 330 g/mol. The van der Waals surface area contributed by atoms with Crippen LogP contribution >= 0.6 is 0 Å². The number of rotatable bonds is 2. The fourth-order valence-electron chi connectivity index (χ4n) is 4.19. The molecule has 1 N–H and O–H groups in total. The van der Waals surface area contributed by atoms with Crippen molar-refractivity contribution in [3.05, 3.63) is 27.9 Å². The monoisotopic (exact) mass is 330 g/mol. The summed E-state index contributed by atoms with van der Waals surface area (Å²) >= 11 is 0. The molecule has 7 nitrogen and oxygen atoms in total. The van der Waals surface area contributed by atoms with E-state index in [1.54, 1.807) is 6.07 Å². The van der Waals surface area contributed by atoms with Gasteiger partial charge in [0.1, 0.15) is 11.9 Å². The van der Waals surface area contributed by atoms with Crippen LogP contribution in [-0.2, 0) is 22.6 Å². The summed E-state index contributed by atoms with van der Waals surface area (Å²) in [4.78, 5) is 41.9. The van der Waals surface area contributed by atoms with Gasteiger partial charge >= 0.3 is 0 Å². The summed E-state index contributed by atoms with van der Waals surface area (Å²) in [5.74, 6) is 1.03. The molecule has 2 saturated heterocycles. The molecule has 0 bridgehead atoms. The Morgan fingerprint density at radius 1 is 1.17 bits per heavy atom. The maximum atomic E-state index is 12.7. The van der Waals surface area contributed by atoms with Crippen molar-refractivity contribution in [1.82, 2.24) is 19.8 Å². The lowest BCUT2D eigenvalue weighted by Crippen LogP contribution is -2.48. The third-order valence-corrected chi connectivity index (χ3v) is 5.36. The lowest BCUT2D eigenvalue weighted by atomic mass is 9.93. The van der Waals surface area contributed by atoms with E-state index in [-0.39, 0.29) is 29.3 Å². The summed E-state index contributed by atoms with van der Waals surface area (Å²) in [6, 6.07) is 1.27. The summed E-state index contributed by atoms with van der Waals surface area (Å²) in [5, 5.41) is 2.76. The molecular formula is C17H22N4O3. The molecule has 2 fully saturated rings. The molecule has 0 aromatic carbocycles. The van der Waals surface area contributed by atoms with Crippen molar-refractivity contribution in [2.75, 3.05) is 13.1 Å². The van der Waals surface area contributed by atoms with Crippen LogP contribution in [0.25, 0.3) is 0 Å². The zero-order chi connectivity index (χ0) is 16.7. The Labute approximate surface area is 140 Å². The number of fused-ring (bicyclic) bond motifs is 1. The first-order valence-corrected chi connectivity index (χ1v) is 8.80. The fourth-order valence-corrected chi connectivity index (χ4v) is 4.19. The third kappa shape index (κ3) is 2.72. The first kappa shape index (κ1) is 15.4. The van der Waals surface area contributed by atoms with Gasteiger partial charge in [0.15, 0.2) is 0 Å². The molecule has 2 atom stereocenters. The Hall–Kier alpha value is -2.18. The Kier molecular flexibility index (Phi) is 3.86. The zero-order valence-corrected chi connectivity index (χ0v) is 13.7. The molecule has 2 amide bonds. The lowest BCUT2D eigenvalue weighted by molar-refractivity contribution is -0.135. The largest absolute Gasteiger partial charge is 0.344 e. The lowest BCUT2D eigenvalue weighted by Gasteiger charge is -2.35. The molecule has 4 rings (SSSR count). The van der Waals surface area contributed by atoms with Crippen molar-refractivity contribution in [3.63, 3.8) is 0 Å². The molecule has 0 unspecified atom stereocenters. The van der Waals surface area contributed by atoms with Crippen LogP contribution in [0.15, 0.2) is 10.9 Å². The molecule has 128 valence electrons. The van der Waals surface area contributed by atoms with Gasteiger partial charge < -0.3 is 14.8 Å². The van der Waals surface area contributed by atoms with E-state index in [0.717, 1.165) is 50.3 Å². The Bertz CT molecular complexity index is 742. The summed E-state index contributed by atoms with van der Waals surface area (Å²) in [6.45, 7) is 2.25. The molecule has 7 heteroatoms. The van der Waals surface area contributed by atoms with Crippen LogP contribution in [0.1, 0.15) is 49.5 Å². The molecule has 24 heavy (non-hydrogen) atoms. The normalized spacial score (nSPS) is 26.3. The average Bonchev–Trinajstić information content (AvgIpc) is 3.22. The van der Waals surface area contributed by atoms with Gasteiger partial charge in [-0.3, -0.25) is 14.4 Å². The van der Waals surface area contributed by atoms with Crippen molar-refractivity contribution in [3.8, 4) is 0 Å². The minimum absolute atomic E-state index is 0.0172. The van der Waals surface area contributed by atoms with E-state index in [0.29, 0.717) is 19.4 Å². The van der Waals surface area contributed by atoms with Crippen LogP contribution in [0.3, 0.4) is 0 Å². The second-order valence-corrected chi connectivity index (χ2v) is 6.97. The smallest absolute Gasteiger partial charge is 0.273 e. The van der Waals surface area contributed by atoms with Crippen LogP contribution < -0.4 is 10.9 Å². The summed E-state index contributed by atoms with van der Waals surface area (Å²) in [7, 11) is 0. The van der Waals surface area contributed by atoms with Gasteiger partial charge in [-0.1, -0.05) is 0 Å². The van der Waals surface area contributed by atoms with Crippen LogP contribution in [-0.4, -0.2) is 45.4 Å². The van der Waals surface area contributed by atoms with E-state index in [9.17, 15) is 14.4 Å². The highest BCUT2D eigenvalue weighted by atomic mass is 16.2. The van der Waals surface area contributed by atoms with Gasteiger partial charge in [0, 0.05) is 50.2 Å². The maximum absolute atomic E-state index is 12.7. The quantitative estimate of drug-likeness (QED) is 0.838. The topological polar surface area (TPSA) is 84.3 Å². The Morgan fingerprint density at radius 3 is 2.83 bits per heavy atom. The molecule has 1 aromatic heterocycles. The molecule has 3 aliphatic rings. The highest BCUT2D eigenvalue weighted by Gasteiger charge is 2.34. The first-order chi connectivity index (χ1) is 11.6. The first-order valence-electron chi connectivity index (χ1n) is 8.80. The highest BCUT2D eigenvalue weighted by Crippen LogP contribution is 2.29. The van der Waals surface area contributed by atoms with Crippen LogP contribution in [0.4, 0.5) is 0 Å². The van der Waals surface area contributed by atoms with Crippen molar-refractivity contribution < 1.29 is 9.59 Å². The number of hydrogen-bond donors (Lipinski definition) is 1. The number of aromatic nitrogens is 2. The van der Waals surface area contributed by atoms with E-state index < -0.39 is 0 Å². The van der Waals surface area contributed by atoms with Gasteiger partial charge in [0.25, 0.3) is 5.56 Å². The summed E-state index contributed by atoms with van der Waals surface area (Å²) < 4.78 is 2.16. The number of likely N-dealkylation sites (tertiary alicyclic amines) is 1. The predicted octanol–water partition coefficient (Wildman–Crippen LogP) is 0.174. The van der Waals surface area contributed by atoms with Crippen LogP contribution in [0, 0.1) is 0 Å². The zero-order valence-electron chi connectivity index (χ0n) is 13.7. The number of hydrogen-bond acceptors (Lipinski definition) is 4. The van der Waals surface area contributed by atoms with E-state index in [2.05, 4.69) is 14.9 Å². The van der Waals surface area contributed by atoms with Gasteiger partial charge in [-0.2, -0.15) is 4.98 Å². The van der Waals surface area contributed by atoms with E-state index in [4.69, 9.17) is 0 Å². The number of piperidine rings is 1. The minimum Gasteiger partial charge on any atom is -0.344 e. The van der Waals surface area contributed by atoms with Crippen LogP contribution in [0.5, 0.6) is 0 Å². The van der Waals surface area contributed by atoms with E-state index in [1.165, 1.54) is 0 Å². The SMILES string of the molecule is O=C1CC[C@@H](C(=O)N2CCC[C@H](c3cc(=O)nc4n3CCC4)C2)N1. The predicted molar refractivity (Wildman–Crippen MR) is 86.5 cm³/mol. The summed E-state index contributed by atoms with van der Waals surface area (Å²) in [5.41, 5.74) is 0.847. The number of nitrogens with one attached hydrogen (secondary N) is 1. The molecule has 0 saturated carbocycles. The van der Waals surface area contributed by atoms with Gasteiger partial charge in [-0.15, -0.1) is 0 Å². The van der Waals surface area contributed by atoms with Gasteiger partial charge in [0.05, 0.1) is 0 Å². The van der Waals surface area contributed by atoms with Crippen molar-refractivity contribution in [2.24, 2.45) is 0 Å². The fraction of sp³-hybridized carbons (Fsp3) is 0.647. The molecule has 0 spiro atoms. The number of carbonyl (C=O) groups is 2. The molecule has 0 radical (unpaired) electrons.